The molecule has 1 aliphatic carbocycles. The fourth-order valence-electron chi connectivity index (χ4n) is 3.42. The highest BCUT2D eigenvalue weighted by Crippen LogP contribution is 2.30. The minimum atomic E-state index is -0.264. The van der Waals surface area contributed by atoms with Gasteiger partial charge < -0.3 is 10.2 Å². The molecule has 1 saturated heterocycles. The first-order chi connectivity index (χ1) is 12.2. The predicted molar refractivity (Wildman–Crippen MR) is 92.7 cm³/mol. The first-order valence-corrected chi connectivity index (χ1v) is 9.02. The molecule has 4 rings (SSSR count). The Morgan fingerprint density at radius 3 is 2.84 bits per heavy atom. The molecule has 2 heterocycles. The molecule has 1 unspecified atom stereocenters. The summed E-state index contributed by atoms with van der Waals surface area (Å²) >= 11 is 0. The zero-order chi connectivity index (χ0) is 17.2. The highest BCUT2D eigenvalue weighted by Gasteiger charge is 2.34. The molecule has 0 spiro atoms. The van der Waals surface area contributed by atoms with Gasteiger partial charge in [0.1, 0.15) is 11.5 Å². The maximum absolute atomic E-state index is 14.0. The van der Waals surface area contributed by atoms with Gasteiger partial charge in [-0.2, -0.15) is 5.10 Å². The lowest BCUT2D eigenvalue weighted by Gasteiger charge is -2.23. The molecule has 25 heavy (non-hydrogen) atoms. The third-order valence-electron chi connectivity index (χ3n) is 5.02. The third kappa shape index (κ3) is 3.58. The number of aromatic nitrogens is 2. The molecule has 132 valence electrons. The van der Waals surface area contributed by atoms with E-state index in [2.05, 4.69) is 10.4 Å². The smallest absolute Gasteiger partial charge is 0.274 e. The standard InChI is InChI=1S/C19H23FN4O/c20-17-6-2-1-4-14(17)13-23(15-7-8-15)19(25)18-9-11-24(22-18)16-5-3-10-21-12-16/h1-2,4,6,9,11,15-16,21H,3,5,7-8,10,12-13H2. The van der Waals surface area contributed by atoms with Gasteiger partial charge in [-0.05, 0) is 44.4 Å². The first-order valence-electron chi connectivity index (χ1n) is 9.02. The van der Waals surface area contributed by atoms with Crippen molar-refractivity contribution in [2.45, 2.75) is 44.3 Å². The van der Waals surface area contributed by atoms with E-state index in [1.165, 1.54) is 6.07 Å². The van der Waals surface area contributed by atoms with E-state index < -0.39 is 0 Å². The Kier molecular flexibility index (Phi) is 4.53. The highest BCUT2D eigenvalue weighted by atomic mass is 19.1. The van der Waals surface area contributed by atoms with Gasteiger partial charge in [-0.3, -0.25) is 9.48 Å². The van der Waals surface area contributed by atoms with Crippen LogP contribution >= 0.6 is 0 Å². The number of hydrogen-bond acceptors (Lipinski definition) is 3. The number of nitrogens with one attached hydrogen (secondary N) is 1. The zero-order valence-electron chi connectivity index (χ0n) is 14.2. The van der Waals surface area contributed by atoms with Gasteiger partial charge in [0, 0.05) is 30.9 Å². The van der Waals surface area contributed by atoms with E-state index in [1.807, 2.05) is 10.9 Å². The van der Waals surface area contributed by atoms with Gasteiger partial charge in [0.05, 0.1) is 6.04 Å². The Morgan fingerprint density at radius 2 is 2.12 bits per heavy atom. The Hall–Kier alpha value is -2.21. The summed E-state index contributed by atoms with van der Waals surface area (Å²) in [4.78, 5) is 14.7. The summed E-state index contributed by atoms with van der Waals surface area (Å²) in [6.07, 6.45) is 6.04. The second-order valence-electron chi connectivity index (χ2n) is 6.94. The number of carbonyl (C=O) groups is 1. The normalized spacial score (nSPS) is 20.4. The van der Waals surface area contributed by atoms with Crippen molar-refractivity contribution in [3.05, 3.63) is 53.6 Å². The van der Waals surface area contributed by atoms with E-state index in [-0.39, 0.29) is 17.8 Å². The maximum atomic E-state index is 14.0. The Morgan fingerprint density at radius 1 is 1.28 bits per heavy atom. The molecule has 0 bridgehead atoms. The van der Waals surface area contributed by atoms with Crippen LogP contribution < -0.4 is 5.32 Å². The van der Waals surface area contributed by atoms with Gasteiger partial charge in [-0.25, -0.2) is 4.39 Å². The predicted octanol–water partition coefficient (Wildman–Crippen LogP) is 2.75. The average Bonchev–Trinajstić information content (AvgIpc) is 3.36. The van der Waals surface area contributed by atoms with Gasteiger partial charge in [0.25, 0.3) is 5.91 Å². The Bertz CT molecular complexity index is 749. The fraction of sp³-hybridized carbons (Fsp3) is 0.474. The highest BCUT2D eigenvalue weighted by molar-refractivity contribution is 5.92. The monoisotopic (exact) mass is 342 g/mol. The number of rotatable bonds is 5. The van der Waals surface area contributed by atoms with E-state index >= 15 is 0 Å². The molecule has 0 radical (unpaired) electrons. The summed E-state index contributed by atoms with van der Waals surface area (Å²) in [6, 6.07) is 8.94. The van der Waals surface area contributed by atoms with Crippen LogP contribution in [0.15, 0.2) is 36.5 Å². The number of amides is 1. The third-order valence-corrected chi connectivity index (χ3v) is 5.02. The van der Waals surface area contributed by atoms with Gasteiger partial charge in [0.15, 0.2) is 0 Å². The van der Waals surface area contributed by atoms with Crippen LogP contribution in [0.3, 0.4) is 0 Å². The van der Waals surface area contributed by atoms with E-state index in [4.69, 9.17) is 0 Å². The van der Waals surface area contributed by atoms with Gasteiger partial charge in [0.2, 0.25) is 0 Å². The minimum Gasteiger partial charge on any atom is -0.330 e. The van der Waals surface area contributed by atoms with E-state index in [9.17, 15) is 9.18 Å². The number of halogens is 1. The van der Waals surface area contributed by atoms with Crippen LogP contribution in [0.4, 0.5) is 4.39 Å². The van der Waals surface area contributed by atoms with Crippen LogP contribution in [0.2, 0.25) is 0 Å². The van der Waals surface area contributed by atoms with Crippen molar-refractivity contribution >= 4 is 5.91 Å². The lowest BCUT2D eigenvalue weighted by molar-refractivity contribution is 0.0720. The van der Waals surface area contributed by atoms with Crippen molar-refractivity contribution in [2.24, 2.45) is 0 Å². The molecule has 1 aromatic heterocycles. The van der Waals surface area contributed by atoms with Crippen LogP contribution in [-0.2, 0) is 6.54 Å². The lowest BCUT2D eigenvalue weighted by atomic mass is 10.1. The SMILES string of the molecule is O=C(c1ccn(C2CCCNC2)n1)N(Cc1ccccc1F)C1CC1. The van der Waals surface area contributed by atoms with Crippen molar-refractivity contribution in [2.75, 3.05) is 13.1 Å². The van der Waals surface area contributed by atoms with Crippen molar-refractivity contribution in [1.29, 1.82) is 0 Å². The number of nitrogens with zero attached hydrogens (tertiary/aromatic N) is 3. The van der Waals surface area contributed by atoms with E-state index in [0.29, 0.717) is 23.8 Å². The minimum absolute atomic E-state index is 0.103. The topological polar surface area (TPSA) is 50.2 Å². The molecule has 2 fully saturated rings. The molecule has 2 aliphatic rings. The number of benzene rings is 1. The molecule has 5 nitrogen and oxygen atoms in total. The van der Waals surface area contributed by atoms with Crippen LogP contribution in [-0.4, -0.2) is 39.7 Å². The van der Waals surface area contributed by atoms with Gasteiger partial charge in [-0.15, -0.1) is 0 Å². The zero-order valence-corrected chi connectivity index (χ0v) is 14.2. The molecule has 1 aliphatic heterocycles. The van der Waals surface area contributed by atoms with Crippen LogP contribution in [0, 0.1) is 5.82 Å². The van der Waals surface area contributed by atoms with Crippen LogP contribution in [0.5, 0.6) is 0 Å². The van der Waals surface area contributed by atoms with Crippen LogP contribution in [0.25, 0.3) is 0 Å². The quantitative estimate of drug-likeness (QED) is 0.909. The fourth-order valence-corrected chi connectivity index (χ4v) is 3.42. The van der Waals surface area contributed by atoms with Crippen molar-refractivity contribution in [3.63, 3.8) is 0 Å². The van der Waals surface area contributed by atoms with Crippen molar-refractivity contribution < 1.29 is 9.18 Å². The molecule has 1 N–H and O–H groups in total. The first kappa shape index (κ1) is 16.3. The summed E-state index contributed by atoms with van der Waals surface area (Å²) < 4.78 is 15.9. The molecule has 2 aromatic rings. The molecule has 1 saturated carbocycles. The second kappa shape index (κ2) is 6.96. The summed E-state index contributed by atoms with van der Waals surface area (Å²) in [5, 5.41) is 7.88. The molecule has 1 amide bonds. The Balaban J connectivity index is 1.51. The molecular formula is C19H23FN4O. The molecule has 1 aromatic carbocycles. The molecule has 1 atom stereocenters. The van der Waals surface area contributed by atoms with Crippen LogP contribution in [0.1, 0.15) is 47.8 Å². The van der Waals surface area contributed by atoms with Crippen molar-refractivity contribution in [1.82, 2.24) is 20.0 Å². The number of hydrogen-bond donors (Lipinski definition) is 1. The second-order valence-corrected chi connectivity index (χ2v) is 6.94. The molecular weight excluding hydrogens is 319 g/mol. The largest absolute Gasteiger partial charge is 0.330 e. The summed E-state index contributed by atoms with van der Waals surface area (Å²) in [6.45, 7) is 2.23. The number of piperidine rings is 1. The summed E-state index contributed by atoms with van der Waals surface area (Å²) in [5.41, 5.74) is 1.01. The van der Waals surface area contributed by atoms with E-state index in [0.717, 1.165) is 38.8 Å². The van der Waals surface area contributed by atoms with Gasteiger partial charge in [-0.1, -0.05) is 18.2 Å². The van der Waals surface area contributed by atoms with Gasteiger partial charge >= 0.3 is 0 Å². The summed E-state index contributed by atoms with van der Waals surface area (Å²) in [7, 11) is 0. The summed E-state index contributed by atoms with van der Waals surface area (Å²) in [5.74, 6) is -0.368. The average molecular weight is 342 g/mol. The maximum Gasteiger partial charge on any atom is 0.274 e. The lowest BCUT2D eigenvalue weighted by Crippen LogP contribution is -2.34. The van der Waals surface area contributed by atoms with E-state index in [1.54, 1.807) is 29.2 Å². The molecule has 6 heteroatoms. The Labute approximate surface area is 146 Å². The number of carbonyl (C=O) groups excluding carboxylic acids is 1. The van der Waals surface area contributed by atoms with Crippen molar-refractivity contribution in [3.8, 4) is 0 Å².